The second kappa shape index (κ2) is 13.0. The molecular weight excluding hydrogens is 466 g/mol. The summed E-state index contributed by atoms with van der Waals surface area (Å²) in [6.45, 7) is 14.7. The van der Waals surface area contributed by atoms with Gasteiger partial charge in [0, 0.05) is 11.6 Å². The number of carbonyl (C=O) groups excluding carboxylic acids is 3. The molecule has 198 valence electrons. The van der Waals surface area contributed by atoms with E-state index in [-0.39, 0.29) is 23.6 Å². The van der Waals surface area contributed by atoms with Crippen LogP contribution in [0.1, 0.15) is 79.8 Å². The molecule has 8 nitrogen and oxygen atoms in total. The lowest BCUT2D eigenvalue weighted by Crippen LogP contribution is -2.57. The molecule has 3 unspecified atom stereocenters. The number of aromatic hydroxyl groups is 1. The number of amides is 3. The van der Waals surface area contributed by atoms with Gasteiger partial charge < -0.3 is 25.4 Å². The Kier molecular flexibility index (Phi) is 11.4. The number of thioether (sulfide) groups is 1. The Labute approximate surface area is 214 Å². The molecule has 0 radical (unpaired) electrons. The standard InChI is InChI=1S/C26H43N3O5S/c1-10-17(2)29(23(32)20(14-15-35-9)27-24(33)34-26(6,7)8)21(22(31)28-25(3,4)5)18-12-11-13-19(30)16-18/h11-13,16-17,20-21,30H,10,14-15H2,1-9H3,(H,27,33)(H,28,31). The first-order valence-electron chi connectivity index (χ1n) is 12.0. The lowest BCUT2D eigenvalue weighted by atomic mass is 9.98. The Morgan fingerprint density at radius 3 is 2.26 bits per heavy atom. The summed E-state index contributed by atoms with van der Waals surface area (Å²) in [5.41, 5.74) is -0.769. The van der Waals surface area contributed by atoms with Crippen molar-refractivity contribution in [1.82, 2.24) is 15.5 Å². The van der Waals surface area contributed by atoms with Crippen molar-refractivity contribution in [2.45, 2.75) is 97.5 Å². The molecule has 9 heteroatoms. The predicted octanol–water partition coefficient (Wildman–Crippen LogP) is 4.62. The zero-order valence-electron chi connectivity index (χ0n) is 22.6. The SMILES string of the molecule is CCC(C)N(C(=O)C(CCSC)NC(=O)OC(C)(C)C)C(C(=O)NC(C)(C)C)c1cccc(O)c1. The van der Waals surface area contributed by atoms with E-state index in [0.29, 0.717) is 24.2 Å². The number of nitrogens with one attached hydrogen (secondary N) is 2. The third-order valence-corrected chi connectivity index (χ3v) is 5.77. The number of hydrogen-bond donors (Lipinski definition) is 3. The first-order valence-corrected chi connectivity index (χ1v) is 13.4. The van der Waals surface area contributed by atoms with E-state index in [1.54, 1.807) is 44.7 Å². The largest absolute Gasteiger partial charge is 0.508 e. The highest BCUT2D eigenvalue weighted by atomic mass is 32.2. The van der Waals surface area contributed by atoms with Gasteiger partial charge in [-0.15, -0.1) is 0 Å². The zero-order valence-corrected chi connectivity index (χ0v) is 23.4. The number of phenolic OH excluding ortho intramolecular Hbond substituents is 1. The molecule has 0 aliphatic rings. The maximum atomic E-state index is 14.0. The summed E-state index contributed by atoms with van der Waals surface area (Å²) in [4.78, 5) is 41.7. The van der Waals surface area contributed by atoms with Crippen molar-refractivity contribution in [3.63, 3.8) is 0 Å². The minimum absolute atomic E-state index is 0.00146. The molecule has 0 aliphatic heterocycles. The minimum Gasteiger partial charge on any atom is -0.508 e. The number of nitrogens with zero attached hydrogens (tertiary/aromatic N) is 1. The van der Waals surface area contributed by atoms with Crippen molar-refractivity contribution in [2.75, 3.05) is 12.0 Å². The van der Waals surface area contributed by atoms with Crippen LogP contribution in [0.3, 0.4) is 0 Å². The van der Waals surface area contributed by atoms with Crippen molar-refractivity contribution in [3.05, 3.63) is 29.8 Å². The number of carbonyl (C=O) groups is 3. The van der Waals surface area contributed by atoms with Gasteiger partial charge in [0.05, 0.1) is 0 Å². The molecule has 0 aliphatic carbocycles. The second-order valence-corrected chi connectivity index (χ2v) is 11.7. The minimum atomic E-state index is -0.999. The fourth-order valence-corrected chi connectivity index (χ4v) is 3.96. The van der Waals surface area contributed by atoms with E-state index in [2.05, 4.69) is 10.6 Å². The fourth-order valence-electron chi connectivity index (χ4n) is 3.49. The Hall–Kier alpha value is -2.42. The van der Waals surface area contributed by atoms with E-state index < -0.39 is 29.3 Å². The molecule has 0 aromatic heterocycles. The third kappa shape index (κ3) is 10.4. The Morgan fingerprint density at radius 2 is 1.77 bits per heavy atom. The molecule has 1 rings (SSSR count). The quantitative estimate of drug-likeness (QED) is 0.425. The summed E-state index contributed by atoms with van der Waals surface area (Å²) in [7, 11) is 0. The number of benzene rings is 1. The van der Waals surface area contributed by atoms with Gasteiger partial charge >= 0.3 is 6.09 Å². The smallest absolute Gasteiger partial charge is 0.408 e. The molecule has 0 heterocycles. The molecule has 1 aromatic carbocycles. The van der Waals surface area contributed by atoms with Crippen molar-refractivity contribution >= 4 is 29.7 Å². The molecule has 0 saturated carbocycles. The number of rotatable bonds is 10. The molecule has 0 fully saturated rings. The van der Waals surface area contributed by atoms with E-state index in [1.165, 1.54) is 17.0 Å². The van der Waals surface area contributed by atoms with Crippen LogP contribution in [-0.4, -0.2) is 63.1 Å². The Balaban J connectivity index is 3.53. The van der Waals surface area contributed by atoms with Gasteiger partial charge in [0.2, 0.25) is 11.8 Å². The van der Waals surface area contributed by atoms with Gasteiger partial charge in [-0.2, -0.15) is 11.8 Å². The summed E-state index contributed by atoms with van der Waals surface area (Å²) >= 11 is 1.56. The van der Waals surface area contributed by atoms with Crippen LogP contribution in [0.15, 0.2) is 24.3 Å². The average Bonchev–Trinajstić information content (AvgIpc) is 2.71. The van der Waals surface area contributed by atoms with E-state index >= 15 is 0 Å². The number of ether oxygens (including phenoxy) is 1. The molecule has 3 atom stereocenters. The summed E-state index contributed by atoms with van der Waals surface area (Å²) < 4.78 is 5.40. The summed E-state index contributed by atoms with van der Waals surface area (Å²) in [5.74, 6) is -0.112. The highest BCUT2D eigenvalue weighted by molar-refractivity contribution is 7.98. The van der Waals surface area contributed by atoms with Crippen molar-refractivity contribution in [3.8, 4) is 5.75 Å². The molecule has 0 saturated heterocycles. The van der Waals surface area contributed by atoms with Crippen molar-refractivity contribution in [2.24, 2.45) is 0 Å². The lowest BCUT2D eigenvalue weighted by molar-refractivity contribution is -0.145. The highest BCUT2D eigenvalue weighted by Crippen LogP contribution is 2.29. The first kappa shape index (κ1) is 30.6. The monoisotopic (exact) mass is 509 g/mol. The van der Waals surface area contributed by atoms with Crippen LogP contribution in [0.2, 0.25) is 0 Å². The Bertz CT molecular complexity index is 863. The van der Waals surface area contributed by atoms with Crippen molar-refractivity contribution < 1.29 is 24.2 Å². The number of phenols is 1. The molecule has 0 spiro atoms. The molecule has 35 heavy (non-hydrogen) atoms. The van der Waals surface area contributed by atoms with Gasteiger partial charge in [-0.1, -0.05) is 19.1 Å². The van der Waals surface area contributed by atoms with E-state index in [9.17, 15) is 19.5 Å². The second-order valence-electron chi connectivity index (χ2n) is 10.7. The van der Waals surface area contributed by atoms with Crippen LogP contribution < -0.4 is 10.6 Å². The van der Waals surface area contributed by atoms with Crippen LogP contribution in [0.4, 0.5) is 4.79 Å². The molecule has 3 amide bonds. The van der Waals surface area contributed by atoms with Crippen molar-refractivity contribution in [1.29, 1.82) is 0 Å². The maximum absolute atomic E-state index is 14.0. The van der Waals surface area contributed by atoms with E-state index in [4.69, 9.17) is 4.74 Å². The highest BCUT2D eigenvalue weighted by Gasteiger charge is 2.39. The zero-order chi connectivity index (χ0) is 27.0. The van der Waals surface area contributed by atoms with Crippen LogP contribution in [0, 0.1) is 0 Å². The van der Waals surface area contributed by atoms with Gasteiger partial charge in [0.1, 0.15) is 23.4 Å². The summed E-state index contributed by atoms with van der Waals surface area (Å²) in [6.07, 6.45) is 2.20. The van der Waals surface area contributed by atoms with Crippen LogP contribution in [0.25, 0.3) is 0 Å². The van der Waals surface area contributed by atoms with Gasteiger partial charge in [0.15, 0.2) is 0 Å². The van der Waals surface area contributed by atoms with E-state index in [1.807, 2.05) is 40.9 Å². The van der Waals surface area contributed by atoms with Crippen LogP contribution in [-0.2, 0) is 14.3 Å². The van der Waals surface area contributed by atoms with Gasteiger partial charge in [-0.25, -0.2) is 4.79 Å². The molecule has 3 N–H and O–H groups in total. The topological polar surface area (TPSA) is 108 Å². The van der Waals surface area contributed by atoms with Gasteiger partial charge in [0.25, 0.3) is 0 Å². The molecule has 1 aromatic rings. The molecular formula is C26H43N3O5S. The first-order chi connectivity index (χ1) is 16.1. The third-order valence-electron chi connectivity index (χ3n) is 5.13. The van der Waals surface area contributed by atoms with Crippen LogP contribution in [0.5, 0.6) is 5.75 Å². The summed E-state index contributed by atoms with van der Waals surface area (Å²) in [6, 6.07) is 4.17. The number of hydrogen-bond acceptors (Lipinski definition) is 6. The normalized spacial score (nSPS) is 14.4. The van der Waals surface area contributed by atoms with Gasteiger partial charge in [-0.3, -0.25) is 9.59 Å². The Morgan fingerprint density at radius 1 is 1.14 bits per heavy atom. The van der Waals surface area contributed by atoms with E-state index in [0.717, 1.165) is 0 Å². The summed E-state index contributed by atoms with van der Waals surface area (Å²) in [5, 5.41) is 15.8. The number of alkyl carbamates (subject to hydrolysis) is 1. The molecule has 0 bridgehead atoms. The van der Waals surface area contributed by atoms with Gasteiger partial charge in [-0.05, 0) is 91.0 Å². The fraction of sp³-hybridized carbons (Fsp3) is 0.654. The maximum Gasteiger partial charge on any atom is 0.408 e. The predicted molar refractivity (Wildman–Crippen MR) is 141 cm³/mol. The van der Waals surface area contributed by atoms with Crippen LogP contribution >= 0.6 is 11.8 Å². The lowest BCUT2D eigenvalue weighted by Gasteiger charge is -2.39. The average molecular weight is 510 g/mol.